The third-order valence-corrected chi connectivity index (χ3v) is 6.12. The Bertz CT molecular complexity index is 1060. The van der Waals surface area contributed by atoms with Gasteiger partial charge in [0.15, 0.2) is 0 Å². The number of carbonyl (C=O) groups is 1. The number of aromatic nitrogens is 1. The first-order chi connectivity index (χ1) is 15.7. The average molecular weight is 430 g/mol. The Morgan fingerprint density at radius 1 is 0.938 bits per heavy atom. The van der Waals surface area contributed by atoms with Gasteiger partial charge in [0, 0.05) is 44.4 Å². The van der Waals surface area contributed by atoms with Crippen molar-refractivity contribution in [1.82, 2.24) is 14.8 Å². The van der Waals surface area contributed by atoms with Crippen molar-refractivity contribution in [3.05, 3.63) is 95.8 Å². The molecule has 1 aromatic heterocycles. The van der Waals surface area contributed by atoms with Crippen LogP contribution in [-0.4, -0.2) is 46.1 Å². The number of pyridine rings is 1. The summed E-state index contributed by atoms with van der Waals surface area (Å²) in [5, 5.41) is 0. The lowest BCUT2D eigenvalue weighted by molar-refractivity contribution is 0.0625. The van der Waals surface area contributed by atoms with Gasteiger partial charge >= 0.3 is 6.09 Å². The van der Waals surface area contributed by atoms with Crippen LogP contribution >= 0.6 is 0 Å². The molecule has 2 aliphatic heterocycles. The molecule has 1 atom stereocenters. The fraction of sp³-hybridized carbons (Fsp3) is 0.308. The zero-order valence-electron chi connectivity index (χ0n) is 18.0. The van der Waals surface area contributed by atoms with E-state index in [1.807, 2.05) is 71.6 Å². The first-order valence-electron chi connectivity index (χ1n) is 11.0. The zero-order chi connectivity index (χ0) is 21.8. The van der Waals surface area contributed by atoms with Gasteiger partial charge < -0.3 is 9.47 Å². The van der Waals surface area contributed by atoms with Crippen LogP contribution < -0.4 is 4.74 Å². The monoisotopic (exact) mass is 429 g/mol. The zero-order valence-corrected chi connectivity index (χ0v) is 18.0. The Kier molecular flexibility index (Phi) is 5.77. The molecule has 2 fully saturated rings. The molecule has 3 aromatic rings. The van der Waals surface area contributed by atoms with Crippen LogP contribution in [0.25, 0.3) is 0 Å². The summed E-state index contributed by atoms with van der Waals surface area (Å²) in [6.07, 6.45) is 2.41. The van der Waals surface area contributed by atoms with Gasteiger partial charge in [0.05, 0.1) is 12.2 Å². The second kappa shape index (κ2) is 9.01. The summed E-state index contributed by atoms with van der Waals surface area (Å²) in [4.78, 5) is 21.0. The van der Waals surface area contributed by atoms with Crippen LogP contribution in [0.5, 0.6) is 5.75 Å². The highest BCUT2D eigenvalue weighted by atomic mass is 16.6. The smallest absolute Gasteiger partial charge is 0.410 e. The van der Waals surface area contributed by atoms with Crippen molar-refractivity contribution in [3.8, 4) is 5.75 Å². The van der Waals surface area contributed by atoms with E-state index in [0.29, 0.717) is 19.7 Å². The Morgan fingerprint density at radius 3 is 2.59 bits per heavy atom. The third-order valence-electron chi connectivity index (χ3n) is 6.12. The summed E-state index contributed by atoms with van der Waals surface area (Å²) >= 11 is 0. The van der Waals surface area contributed by atoms with E-state index in [2.05, 4.69) is 16.0 Å². The summed E-state index contributed by atoms with van der Waals surface area (Å²) in [6.45, 7) is 4.05. The van der Waals surface area contributed by atoms with E-state index >= 15 is 0 Å². The van der Waals surface area contributed by atoms with Crippen molar-refractivity contribution in [3.63, 3.8) is 0 Å². The van der Waals surface area contributed by atoms with Crippen LogP contribution in [-0.2, 0) is 24.4 Å². The molecule has 2 aliphatic rings. The number of amides is 1. The topological polar surface area (TPSA) is 54.9 Å². The maximum absolute atomic E-state index is 12.5. The van der Waals surface area contributed by atoms with E-state index in [9.17, 15) is 4.79 Å². The summed E-state index contributed by atoms with van der Waals surface area (Å²) in [7, 11) is 0. The van der Waals surface area contributed by atoms with Crippen LogP contribution in [0.1, 0.15) is 23.2 Å². The summed E-state index contributed by atoms with van der Waals surface area (Å²) in [5.74, 6) is 0.869. The summed E-state index contributed by atoms with van der Waals surface area (Å²) < 4.78 is 12.0. The third kappa shape index (κ3) is 4.60. The van der Waals surface area contributed by atoms with E-state index in [1.165, 1.54) is 0 Å². The number of benzene rings is 2. The quantitative estimate of drug-likeness (QED) is 0.562. The number of hydrogen-bond donors (Lipinski definition) is 0. The minimum atomic E-state index is -0.421. The van der Waals surface area contributed by atoms with Gasteiger partial charge in [-0.05, 0) is 23.8 Å². The summed E-state index contributed by atoms with van der Waals surface area (Å²) in [5.41, 5.74) is 2.73. The molecule has 6 heteroatoms. The molecule has 0 bridgehead atoms. The fourth-order valence-corrected chi connectivity index (χ4v) is 4.54. The van der Waals surface area contributed by atoms with Gasteiger partial charge in [-0.3, -0.25) is 14.8 Å². The number of carbonyl (C=O) groups excluding carboxylic acids is 1. The predicted molar refractivity (Wildman–Crippen MR) is 121 cm³/mol. The fourth-order valence-electron chi connectivity index (χ4n) is 4.54. The van der Waals surface area contributed by atoms with E-state index in [-0.39, 0.29) is 6.09 Å². The molecular formula is C26H27N3O3. The molecule has 2 aromatic carbocycles. The first-order valence-corrected chi connectivity index (χ1v) is 11.0. The summed E-state index contributed by atoms with van der Waals surface area (Å²) in [6, 6.07) is 24.0. The van der Waals surface area contributed by atoms with Gasteiger partial charge in [0.25, 0.3) is 0 Å². The van der Waals surface area contributed by atoms with Gasteiger partial charge in [0.2, 0.25) is 0 Å². The molecule has 6 nitrogen and oxygen atoms in total. The largest absolute Gasteiger partial charge is 0.487 e. The van der Waals surface area contributed by atoms with Crippen molar-refractivity contribution in [2.75, 3.05) is 19.6 Å². The molecule has 1 amide bonds. The van der Waals surface area contributed by atoms with Crippen LogP contribution in [0.2, 0.25) is 0 Å². The number of rotatable bonds is 7. The molecule has 0 N–H and O–H groups in total. The van der Waals surface area contributed by atoms with Crippen molar-refractivity contribution in [1.29, 1.82) is 0 Å². The molecule has 5 rings (SSSR count). The van der Waals surface area contributed by atoms with Crippen LogP contribution in [0.4, 0.5) is 4.79 Å². The molecule has 0 saturated carbocycles. The highest BCUT2D eigenvalue weighted by Crippen LogP contribution is 2.34. The van der Waals surface area contributed by atoms with Gasteiger partial charge in [-0.2, -0.15) is 0 Å². The van der Waals surface area contributed by atoms with E-state index in [4.69, 9.17) is 9.47 Å². The average Bonchev–Trinajstić information content (AvgIpc) is 3.35. The van der Waals surface area contributed by atoms with E-state index < -0.39 is 5.60 Å². The number of para-hydroxylation sites is 1. The molecule has 1 spiro atoms. The molecule has 3 heterocycles. The van der Waals surface area contributed by atoms with Crippen molar-refractivity contribution in [2.24, 2.45) is 0 Å². The predicted octanol–water partition coefficient (Wildman–Crippen LogP) is 4.26. The van der Waals surface area contributed by atoms with Crippen LogP contribution in [0, 0.1) is 0 Å². The molecule has 2 saturated heterocycles. The molecule has 1 unspecified atom stereocenters. The van der Waals surface area contributed by atoms with Gasteiger partial charge in [-0.25, -0.2) is 4.79 Å². The number of likely N-dealkylation sites (tertiary alicyclic amines) is 1. The Morgan fingerprint density at radius 2 is 1.75 bits per heavy atom. The van der Waals surface area contributed by atoms with Crippen molar-refractivity contribution < 1.29 is 14.3 Å². The van der Waals surface area contributed by atoms with Crippen molar-refractivity contribution in [2.45, 2.75) is 31.7 Å². The lowest BCUT2D eigenvalue weighted by atomic mass is 10.0. The van der Waals surface area contributed by atoms with Gasteiger partial charge in [-0.15, -0.1) is 0 Å². The first kappa shape index (κ1) is 20.5. The van der Waals surface area contributed by atoms with Crippen LogP contribution in [0.15, 0.2) is 79.0 Å². The maximum atomic E-state index is 12.5. The number of ether oxygens (including phenoxy) is 2. The normalized spacial score (nSPS) is 20.6. The highest BCUT2D eigenvalue weighted by Gasteiger charge is 2.49. The van der Waals surface area contributed by atoms with Gasteiger partial charge in [0.1, 0.15) is 18.0 Å². The van der Waals surface area contributed by atoms with E-state index in [0.717, 1.165) is 48.6 Å². The minimum absolute atomic E-state index is 0.213. The highest BCUT2D eigenvalue weighted by molar-refractivity contribution is 5.71. The number of hydrogen-bond acceptors (Lipinski definition) is 5. The van der Waals surface area contributed by atoms with Crippen LogP contribution in [0.3, 0.4) is 0 Å². The molecule has 32 heavy (non-hydrogen) atoms. The lowest BCUT2D eigenvalue weighted by Gasteiger charge is -2.23. The standard InChI is InChI=1S/C26H27N3O3/c30-25-29(16-21-8-2-1-3-9-21)20-26(32-25)13-15-28(19-26)17-22-10-4-5-12-24(22)31-18-23-11-6-7-14-27-23/h1-12,14H,13,15-20H2. The lowest BCUT2D eigenvalue weighted by Crippen LogP contribution is -2.37. The Balaban J connectivity index is 1.21. The molecule has 0 aliphatic carbocycles. The Labute approximate surface area is 188 Å². The van der Waals surface area contributed by atoms with Crippen molar-refractivity contribution >= 4 is 6.09 Å². The molecule has 164 valence electrons. The number of nitrogens with zero attached hydrogens (tertiary/aromatic N) is 3. The SMILES string of the molecule is O=C1OC2(CCN(Cc3ccccc3OCc3ccccn3)C2)CN1Cc1ccccc1. The van der Waals surface area contributed by atoms with Gasteiger partial charge in [-0.1, -0.05) is 54.6 Å². The molecular weight excluding hydrogens is 402 g/mol. The van der Waals surface area contributed by atoms with E-state index in [1.54, 1.807) is 6.20 Å². The maximum Gasteiger partial charge on any atom is 0.410 e. The second-order valence-electron chi connectivity index (χ2n) is 8.57. The minimum Gasteiger partial charge on any atom is -0.487 e. The Hall–Kier alpha value is -3.38. The second-order valence-corrected chi connectivity index (χ2v) is 8.57. The molecule has 0 radical (unpaired) electrons.